The number of rotatable bonds is 6. The van der Waals surface area contributed by atoms with Crippen LogP contribution in [0.2, 0.25) is 16.6 Å². The normalized spacial score (nSPS) is 34.8. The number of hydrogen-bond donors (Lipinski definition) is 4. The molecule has 1 fully saturated rings. The Morgan fingerprint density at radius 1 is 1.33 bits per heavy atom. The Hall–Kier alpha value is 0.538. The van der Waals surface area contributed by atoms with Crippen LogP contribution in [0, 0.1) is 0 Å². The quantitative estimate of drug-likeness (QED) is 0.469. The molecule has 1 heterocycles. The average Bonchev–Trinajstić information content (AvgIpc) is 2.52. The molecule has 0 amide bonds. The Kier molecular flexibility index (Phi) is 6.28. The van der Waals surface area contributed by atoms with Gasteiger partial charge >= 0.3 is 113 Å². The van der Waals surface area contributed by atoms with Crippen LogP contribution in [-0.4, -0.2) is 76.2 Å². The molecule has 1 rings (SSSR count). The molecule has 0 bridgehead atoms. The standard InChI is InChI=1S/C10H21AsO6S/c1-11(2,18)3-7-8(14)9(15)10(17-7)16-5-6(13)4-12/h6-10,12-15H,3-5H2,1-2H3/t6-,7-,8-,9-,10-/m1/s1. The predicted octanol–water partition coefficient (Wildman–Crippen LogP) is -0.795. The molecule has 0 unspecified atom stereocenters. The first-order valence-corrected chi connectivity index (χ1v) is 13.4. The summed E-state index contributed by atoms with van der Waals surface area (Å²) in [5.74, 6) is 0. The van der Waals surface area contributed by atoms with E-state index in [2.05, 4.69) is 0 Å². The average molecular weight is 344 g/mol. The van der Waals surface area contributed by atoms with E-state index in [4.69, 9.17) is 30.1 Å². The second kappa shape index (κ2) is 6.81. The summed E-state index contributed by atoms with van der Waals surface area (Å²) < 4.78 is 10.5. The SMILES string of the molecule is C[As](C)(=S)C[C@H]1O[C@@H](OC[C@H](O)CO)[C@H](O)[C@@H]1O. The molecule has 0 spiro atoms. The molecule has 0 saturated carbocycles. The van der Waals surface area contributed by atoms with Gasteiger partial charge in [-0.25, -0.2) is 0 Å². The van der Waals surface area contributed by atoms with Gasteiger partial charge in [-0.1, -0.05) is 0 Å². The number of aliphatic hydroxyl groups is 4. The van der Waals surface area contributed by atoms with E-state index in [0.29, 0.717) is 5.21 Å². The van der Waals surface area contributed by atoms with Gasteiger partial charge in [0.15, 0.2) is 0 Å². The fourth-order valence-corrected chi connectivity index (χ4v) is 4.91. The van der Waals surface area contributed by atoms with Crippen LogP contribution in [-0.2, 0) is 9.47 Å². The van der Waals surface area contributed by atoms with E-state index in [1.807, 2.05) is 11.4 Å². The topological polar surface area (TPSA) is 99.4 Å². The molecule has 1 saturated heterocycles. The molecule has 18 heavy (non-hydrogen) atoms. The summed E-state index contributed by atoms with van der Waals surface area (Å²) >= 11 is -2.16. The minimum absolute atomic E-state index is 0.158. The van der Waals surface area contributed by atoms with Crippen molar-refractivity contribution in [2.24, 2.45) is 0 Å². The van der Waals surface area contributed by atoms with Crippen LogP contribution in [0.4, 0.5) is 0 Å². The van der Waals surface area contributed by atoms with E-state index >= 15 is 0 Å². The molecule has 0 aliphatic carbocycles. The third-order valence-electron chi connectivity index (χ3n) is 2.60. The van der Waals surface area contributed by atoms with E-state index in [1.165, 1.54) is 0 Å². The van der Waals surface area contributed by atoms with Crippen molar-refractivity contribution in [3.05, 3.63) is 0 Å². The minimum atomic E-state index is -2.16. The zero-order valence-corrected chi connectivity index (χ0v) is 13.2. The predicted molar refractivity (Wildman–Crippen MR) is 69.6 cm³/mol. The van der Waals surface area contributed by atoms with Gasteiger partial charge < -0.3 is 0 Å². The van der Waals surface area contributed by atoms with Crippen molar-refractivity contribution in [1.29, 1.82) is 0 Å². The second-order valence-electron chi connectivity index (χ2n) is 4.95. The van der Waals surface area contributed by atoms with Crippen LogP contribution < -0.4 is 0 Å². The van der Waals surface area contributed by atoms with E-state index in [0.717, 1.165) is 0 Å². The number of hydrogen-bond acceptors (Lipinski definition) is 7. The third kappa shape index (κ3) is 4.90. The molecule has 0 aromatic carbocycles. The Morgan fingerprint density at radius 3 is 2.44 bits per heavy atom. The summed E-state index contributed by atoms with van der Waals surface area (Å²) in [4.78, 5) is 0. The molecule has 1 aliphatic heterocycles. The van der Waals surface area contributed by atoms with Crippen LogP contribution in [0.1, 0.15) is 0 Å². The van der Waals surface area contributed by atoms with Crippen LogP contribution in [0.5, 0.6) is 0 Å². The number of aliphatic hydroxyl groups excluding tert-OH is 4. The molecule has 5 atom stereocenters. The van der Waals surface area contributed by atoms with Gasteiger partial charge in [-0.15, -0.1) is 0 Å². The zero-order valence-electron chi connectivity index (χ0n) is 10.5. The summed E-state index contributed by atoms with van der Waals surface area (Å²) in [6.07, 6.45) is -4.70. The van der Waals surface area contributed by atoms with Gasteiger partial charge in [-0.3, -0.25) is 0 Å². The van der Waals surface area contributed by atoms with Crippen LogP contribution in [0.15, 0.2) is 0 Å². The summed E-state index contributed by atoms with van der Waals surface area (Å²) in [7, 11) is 5.36. The van der Waals surface area contributed by atoms with Gasteiger partial charge in [0.2, 0.25) is 0 Å². The van der Waals surface area contributed by atoms with Crippen LogP contribution in [0.3, 0.4) is 0 Å². The Morgan fingerprint density at radius 2 is 1.94 bits per heavy atom. The van der Waals surface area contributed by atoms with Crippen molar-refractivity contribution < 1.29 is 29.9 Å². The van der Waals surface area contributed by atoms with Gasteiger partial charge in [0.25, 0.3) is 0 Å². The van der Waals surface area contributed by atoms with Gasteiger partial charge in [-0.2, -0.15) is 0 Å². The maximum atomic E-state index is 9.83. The van der Waals surface area contributed by atoms with E-state index in [9.17, 15) is 10.2 Å². The molecule has 0 aromatic heterocycles. The molecule has 6 nitrogen and oxygen atoms in total. The van der Waals surface area contributed by atoms with Crippen molar-refractivity contribution in [3.63, 3.8) is 0 Å². The first-order chi connectivity index (χ1) is 8.24. The van der Waals surface area contributed by atoms with Gasteiger partial charge in [0.1, 0.15) is 0 Å². The van der Waals surface area contributed by atoms with Crippen molar-refractivity contribution in [3.8, 4) is 0 Å². The molecule has 0 radical (unpaired) electrons. The fourth-order valence-electron chi connectivity index (χ4n) is 1.70. The summed E-state index contributed by atoms with van der Waals surface area (Å²) in [6.45, 7) is -0.586. The Labute approximate surface area is 113 Å². The molecular weight excluding hydrogens is 323 g/mol. The van der Waals surface area contributed by atoms with Crippen molar-refractivity contribution in [1.82, 2.24) is 0 Å². The van der Waals surface area contributed by atoms with Crippen LogP contribution >= 0.6 is 10.4 Å². The van der Waals surface area contributed by atoms with Gasteiger partial charge in [0.05, 0.1) is 0 Å². The van der Waals surface area contributed by atoms with Crippen molar-refractivity contribution in [2.75, 3.05) is 13.2 Å². The fraction of sp³-hybridized carbons (Fsp3) is 1.00. The van der Waals surface area contributed by atoms with E-state index in [1.54, 1.807) is 0 Å². The van der Waals surface area contributed by atoms with E-state index in [-0.39, 0.29) is 6.61 Å². The first-order valence-electron chi connectivity index (χ1n) is 5.70. The van der Waals surface area contributed by atoms with Crippen molar-refractivity contribution >= 4 is 22.3 Å². The van der Waals surface area contributed by atoms with Crippen LogP contribution in [0.25, 0.3) is 0 Å². The molecule has 108 valence electrons. The van der Waals surface area contributed by atoms with E-state index < -0.39 is 49.2 Å². The van der Waals surface area contributed by atoms with Gasteiger partial charge in [0, 0.05) is 0 Å². The monoisotopic (exact) mass is 344 g/mol. The molecule has 1 aliphatic rings. The maximum absolute atomic E-state index is 9.83. The molecule has 8 heteroatoms. The molecular formula is C10H21AsO6S. The first kappa shape index (κ1) is 16.6. The molecule has 0 aromatic rings. The summed E-state index contributed by atoms with van der Waals surface area (Å²) in [6, 6.07) is 0. The number of ether oxygens (including phenoxy) is 2. The third-order valence-corrected chi connectivity index (χ3v) is 5.98. The van der Waals surface area contributed by atoms with Crippen molar-refractivity contribution in [2.45, 2.75) is 47.3 Å². The zero-order chi connectivity index (χ0) is 13.9. The summed E-state index contributed by atoms with van der Waals surface area (Å²) in [5.41, 5.74) is 4.00. The Balaban J connectivity index is 2.51. The second-order valence-corrected chi connectivity index (χ2v) is 17.5. The summed E-state index contributed by atoms with van der Waals surface area (Å²) in [5, 5.41) is 37.9. The van der Waals surface area contributed by atoms with Gasteiger partial charge in [-0.05, 0) is 0 Å². The molecule has 4 N–H and O–H groups in total. The Bertz CT molecular complexity index is 309.